The molecule has 0 atom stereocenters. The number of imidazole rings is 1. The normalized spacial score (nSPS) is 10.5. The fraction of sp³-hybridized carbons (Fsp3) is 0.222. The molecule has 0 saturated carbocycles. The van der Waals surface area contributed by atoms with Crippen molar-refractivity contribution in [1.29, 1.82) is 0 Å². The summed E-state index contributed by atoms with van der Waals surface area (Å²) in [5, 5.41) is 12.1. The maximum atomic E-state index is 11.7. The van der Waals surface area contributed by atoms with Crippen LogP contribution in [0, 0.1) is 0 Å². The molecule has 3 aromatic rings. The Bertz CT molecular complexity index is 916. The van der Waals surface area contributed by atoms with Crippen molar-refractivity contribution < 1.29 is 4.79 Å². The minimum Gasteiger partial charge on any atom is -0.370 e. The van der Waals surface area contributed by atoms with E-state index in [1.807, 2.05) is 38.3 Å². The molecule has 3 rings (SSSR count). The monoisotopic (exact) mass is 378 g/mol. The number of likely N-dealkylation sites (N-methyl/N-ethyl adjacent to an activating group) is 1. The van der Waals surface area contributed by atoms with Gasteiger partial charge in [-0.05, 0) is 30.7 Å². The number of benzene rings is 1. The molecule has 0 radical (unpaired) electrons. The van der Waals surface area contributed by atoms with Gasteiger partial charge in [0.1, 0.15) is 13.7 Å². The average Bonchev–Trinajstić information content (AvgIpc) is 3.18. The number of carbonyl (C=O) groups is 1. The Morgan fingerprint density at radius 3 is 2.89 bits per heavy atom. The summed E-state index contributed by atoms with van der Waals surface area (Å²) < 4.78 is 0. The zero-order valence-electron chi connectivity index (χ0n) is 15.9. The van der Waals surface area contributed by atoms with Gasteiger partial charge in [0.25, 0.3) is 0 Å². The lowest BCUT2D eigenvalue weighted by Gasteiger charge is -2.12. The average molecular weight is 378 g/mol. The number of aromatic nitrogens is 4. The first kappa shape index (κ1) is 19.4. The molecule has 1 amide bonds. The molecule has 144 valence electrons. The van der Waals surface area contributed by atoms with Crippen LogP contribution in [0.25, 0.3) is 0 Å². The highest BCUT2D eigenvalue weighted by Gasteiger charge is 2.06. The highest BCUT2D eigenvalue weighted by molar-refractivity contribution is 6.35. The fourth-order valence-electron chi connectivity index (χ4n) is 2.59. The van der Waals surface area contributed by atoms with Crippen LogP contribution in [0.3, 0.4) is 0 Å². The number of anilines is 4. The van der Waals surface area contributed by atoms with E-state index in [-0.39, 0.29) is 12.5 Å². The number of rotatable bonds is 9. The van der Waals surface area contributed by atoms with Crippen molar-refractivity contribution in [3.05, 3.63) is 48.7 Å². The molecule has 0 aliphatic heterocycles. The summed E-state index contributed by atoms with van der Waals surface area (Å²) in [6, 6.07) is 7.41. The van der Waals surface area contributed by atoms with E-state index >= 15 is 0 Å². The Kier molecular flexibility index (Phi) is 6.58. The zero-order valence-corrected chi connectivity index (χ0v) is 15.9. The number of nitrogens with zero attached hydrogens (tertiary/aromatic N) is 3. The number of nitrogens with one attached hydrogen (secondary N) is 5. The van der Waals surface area contributed by atoms with Gasteiger partial charge in [-0.2, -0.15) is 4.98 Å². The van der Waals surface area contributed by atoms with Gasteiger partial charge in [-0.3, -0.25) is 4.79 Å². The standard InChI is InChI=1S/C18H23BN8O/c1-20-10-16(28)25-12-3-2-4-13(7-12)26-18-23-9-15(19)17(27-18)22-6-5-14-8-21-11-24-14/h2-4,7-9,11,20H,5-6,10,19H2,1H3,(H,21,24)(H,25,28)(H2,22,23,26,27). The van der Waals surface area contributed by atoms with E-state index in [0.717, 1.165) is 35.6 Å². The van der Waals surface area contributed by atoms with E-state index in [4.69, 9.17) is 0 Å². The maximum absolute atomic E-state index is 11.7. The summed E-state index contributed by atoms with van der Waals surface area (Å²) in [6.07, 6.45) is 6.11. The smallest absolute Gasteiger partial charge is 0.238 e. The fourth-order valence-corrected chi connectivity index (χ4v) is 2.59. The van der Waals surface area contributed by atoms with Crippen LogP contribution in [0.1, 0.15) is 5.69 Å². The molecule has 1 aromatic carbocycles. The quantitative estimate of drug-likeness (QED) is 0.333. The lowest BCUT2D eigenvalue weighted by Crippen LogP contribution is -2.25. The molecular weight excluding hydrogens is 355 g/mol. The molecule has 0 spiro atoms. The summed E-state index contributed by atoms with van der Waals surface area (Å²) in [6.45, 7) is 0.973. The second kappa shape index (κ2) is 9.51. The minimum absolute atomic E-state index is 0.102. The van der Waals surface area contributed by atoms with Gasteiger partial charge in [0.2, 0.25) is 11.9 Å². The largest absolute Gasteiger partial charge is 0.370 e. The highest BCUT2D eigenvalue weighted by Crippen LogP contribution is 2.18. The summed E-state index contributed by atoms with van der Waals surface area (Å²) in [5.41, 5.74) is 3.44. The van der Waals surface area contributed by atoms with E-state index in [9.17, 15) is 4.79 Å². The van der Waals surface area contributed by atoms with Crippen LogP contribution >= 0.6 is 0 Å². The van der Waals surface area contributed by atoms with Crippen molar-refractivity contribution in [2.75, 3.05) is 36.1 Å². The van der Waals surface area contributed by atoms with Gasteiger partial charge in [-0.1, -0.05) is 6.07 Å². The minimum atomic E-state index is -0.102. The van der Waals surface area contributed by atoms with Crippen molar-refractivity contribution in [3.63, 3.8) is 0 Å². The number of aromatic amines is 1. The third kappa shape index (κ3) is 5.55. The van der Waals surface area contributed by atoms with Crippen molar-refractivity contribution in [2.45, 2.75) is 6.42 Å². The second-order valence-corrected chi connectivity index (χ2v) is 6.25. The molecule has 0 fully saturated rings. The third-order valence-electron chi connectivity index (χ3n) is 3.94. The lowest BCUT2D eigenvalue weighted by molar-refractivity contribution is -0.115. The van der Waals surface area contributed by atoms with Crippen molar-refractivity contribution in [1.82, 2.24) is 25.3 Å². The van der Waals surface area contributed by atoms with Gasteiger partial charge in [0, 0.05) is 36.7 Å². The maximum Gasteiger partial charge on any atom is 0.238 e. The first-order valence-corrected chi connectivity index (χ1v) is 9.01. The molecule has 5 N–H and O–H groups in total. The molecule has 0 bridgehead atoms. The van der Waals surface area contributed by atoms with Crippen LogP contribution < -0.4 is 26.7 Å². The number of amides is 1. The molecule has 0 saturated heterocycles. The van der Waals surface area contributed by atoms with Crippen LogP contribution in [0.4, 0.5) is 23.1 Å². The van der Waals surface area contributed by atoms with Gasteiger partial charge < -0.3 is 26.3 Å². The first-order valence-electron chi connectivity index (χ1n) is 9.01. The van der Waals surface area contributed by atoms with Crippen molar-refractivity contribution in [3.8, 4) is 0 Å². The molecule has 2 heterocycles. The van der Waals surface area contributed by atoms with Crippen LogP contribution in [-0.2, 0) is 11.2 Å². The van der Waals surface area contributed by atoms with Gasteiger partial charge in [-0.15, -0.1) is 0 Å². The van der Waals surface area contributed by atoms with Gasteiger partial charge in [-0.25, -0.2) is 9.97 Å². The second-order valence-electron chi connectivity index (χ2n) is 6.25. The van der Waals surface area contributed by atoms with Gasteiger partial charge in [0.05, 0.1) is 18.6 Å². The Balaban J connectivity index is 1.63. The number of carbonyl (C=O) groups excluding carboxylic acids is 1. The predicted molar refractivity (Wildman–Crippen MR) is 113 cm³/mol. The van der Waals surface area contributed by atoms with E-state index < -0.39 is 0 Å². The number of hydrogen-bond donors (Lipinski definition) is 5. The highest BCUT2D eigenvalue weighted by atomic mass is 16.1. The summed E-state index contributed by atoms with van der Waals surface area (Å²) in [7, 11) is 3.69. The van der Waals surface area contributed by atoms with Crippen LogP contribution in [-0.4, -0.2) is 53.8 Å². The third-order valence-corrected chi connectivity index (χ3v) is 3.94. The summed E-state index contributed by atoms with van der Waals surface area (Å²) in [4.78, 5) is 27.8. The Hall–Kier alpha value is -3.40. The zero-order chi connectivity index (χ0) is 19.8. The van der Waals surface area contributed by atoms with E-state index in [1.54, 1.807) is 19.6 Å². The molecule has 0 aliphatic rings. The number of hydrogen-bond acceptors (Lipinski definition) is 7. The van der Waals surface area contributed by atoms with Crippen LogP contribution in [0.15, 0.2) is 43.0 Å². The Labute approximate surface area is 164 Å². The Morgan fingerprint density at radius 1 is 1.25 bits per heavy atom. The molecule has 0 unspecified atom stereocenters. The van der Waals surface area contributed by atoms with E-state index in [2.05, 4.69) is 41.2 Å². The summed E-state index contributed by atoms with van der Waals surface area (Å²) >= 11 is 0. The van der Waals surface area contributed by atoms with Crippen molar-refractivity contribution >= 4 is 42.4 Å². The first-order chi connectivity index (χ1) is 13.6. The van der Waals surface area contributed by atoms with Gasteiger partial charge >= 0.3 is 0 Å². The van der Waals surface area contributed by atoms with E-state index in [1.165, 1.54) is 0 Å². The van der Waals surface area contributed by atoms with Gasteiger partial charge in [0.15, 0.2) is 0 Å². The molecule has 28 heavy (non-hydrogen) atoms. The lowest BCUT2D eigenvalue weighted by atomic mass is 9.99. The van der Waals surface area contributed by atoms with Crippen LogP contribution in [0.2, 0.25) is 0 Å². The van der Waals surface area contributed by atoms with E-state index in [0.29, 0.717) is 11.6 Å². The predicted octanol–water partition coefficient (Wildman–Crippen LogP) is 0.0142. The molecule has 2 aromatic heterocycles. The topological polar surface area (TPSA) is 120 Å². The summed E-state index contributed by atoms with van der Waals surface area (Å²) in [5.74, 6) is 1.15. The molecule has 9 nitrogen and oxygen atoms in total. The number of H-pyrrole nitrogens is 1. The van der Waals surface area contributed by atoms with Crippen molar-refractivity contribution in [2.24, 2.45) is 0 Å². The molecule has 0 aliphatic carbocycles. The molecule has 10 heteroatoms. The Morgan fingerprint density at radius 2 is 2.11 bits per heavy atom. The molecular formula is C18H23BN8O. The SMILES string of the molecule is Bc1cnc(Nc2cccc(NC(=O)CNC)c2)nc1NCCc1c[nH]cn1. The van der Waals surface area contributed by atoms with Crippen LogP contribution in [0.5, 0.6) is 0 Å².